The molecule has 1 N–H and O–H groups in total. The number of carbonyl (C=O) groups is 1. The second kappa shape index (κ2) is 8.55. The van der Waals surface area contributed by atoms with Crippen molar-refractivity contribution in [1.82, 2.24) is 5.32 Å². The van der Waals surface area contributed by atoms with Crippen LogP contribution in [0.4, 0.5) is 0 Å². The first-order valence-corrected chi connectivity index (χ1v) is 6.61. The van der Waals surface area contributed by atoms with Crippen LogP contribution in [0.5, 0.6) is 5.75 Å². The lowest BCUT2D eigenvalue weighted by Crippen LogP contribution is -2.45. The Morgan fingerprint density at radius 1 is 1.30 bits per heavy atom. The fourth-order valence-corrected chi connectivity index (χ4v) is 1.80. The monoisotopic (exact) mass is 281 g/mol. The van der Waals surface area contributed by atoms with Crippen LogP contribution >= 0.6 is 0 Å². The number of hydrogen-bond donors (Lipinski definition) is 1. The highest BCUT2D eigenvalue weighted by atomic mass is 16.5. The quantitative estimate of drug-likeness (QED) is 0.736. The molecule has 1 aromatic rings. The summed E-state index contributed by atoms with van der Waals surface area (Å²) in [7, 11) is 3.02. The van der Waals surface area contributed by atoms with Crippen LogP contribution in [0.25, 0.3) is 0 Å². The Balaban J connectivity index is 2.62. The van der Waals surface area contributed by atoms with Gasteiger partial charge in [0.1, 0.15) is 18.4 Å². The van der Waals surface area contributed by atoms with Gasteiger partial charge in [-0.15, -0.1) is 0 Å². The SMILES string of the molecule is COCc1cccc(OCC(NC(C)C)C(=O)OC)c1. The first-order chi connectivity index (χ1) is 9.56. The summed E-state index contributed by atoms with van der Waals surface area (Å²) in [5.74, 6) is 0.380. The summed E-state index contributed by atoms with van der Waals surface area (Å²) in [5, 5.41) is 3.12. The number of rotatable bonds is 8. The molecule has 1 aromatic carbocycles. The zero-order chi connectivity index (χ0) is 15.0. The van der Waals surface area contributed by atoms with Crippen LogP contribution in [-0.2, 0) is 20.9 Å². The van der Waals surface area contributed by atoms with Gasteiger partial charge < -0.3 is 14.2 Å². The van der Waals surface area contributed by atoms with Gasteiger partial charge in [0.05, 0.1) is 13.7 Å². The van der Waals surface area contributed by atoms with Gasteiger partial charge >= 0.3 is 5.97 Å². The third-order valence-corrected chi connectivity index (χ3v) is 2.65. The van der Waals surface area contributed by atoms with E-state index in [2.05, 4.69) is 5.32 Å². The second-order valence-electron chi connectivity index (χ2n) is 4.79. The Morgan fingerprint density at radius 3 is 2.65 bits per heavy atom. The van der Waals surface area contributed by atoms with Gasteiger partial charge in [0.15, 0.2) is 0 Å². The highest BCUT2D eigenvalue weighted by molar-refractivity contribution is 5.75. The van der Waals surface area contributed by atoms with Gasteiger partial charge in [0, 0.05) is 13.2 Å². The summed E-state index contributed by atoms with van der Waals surface area (Å²) in [6, 6.07) is 7.29. The van der Waals surface area contributed by atoms with E-state index < -0.39 is 6.04 Å². The average molecular weight is 281 g/mol. The van der Waals surface area contributed by atoms with E-state index in [1.54, 1.807) is 7.11 Å². The van der Waals surface area contributed by atoms with Gasteiger partial charge in [0.25, 0.3) is 0 Å². The first-order valence-electron chi connectivity index (χ1n) is 6.61. The van der Waals surface area contributed by atoms with E-state index in [9.17, 15) is 4.79 Å². The lowest BCUT2D eigenvalue weighted by Gasteiger charge is -2.19. The molecule has 1 unspecified atom stereocenters. The predicted molar refractivity (Wildman–Crippen MR) is 76.7 cm³/mol. The van der Waals surface area contributed by atoms with E-state index in [1.165, 1.54) is 7.11 Å². The molecule has 0 aliphatic heterocycles. The van der Waals surface area contributed by atoms with Crippen molar-refractivity contribution >= 4 is 5.97 Å². The molecule has 0 fully saturated rings. The summed E-state index contributed by atoms with van der Waals surface area (Å²) in [6.07, 6.45) is 0. The van der Waals surface area contributed by atoms with Crippen LogP contribution in [0.2, 0.25) is 0 Å². The Kier molecular flexibility index (Phi) is 7.04. The maximum atomic E-state index is 11.7. The minimum Gasteiger partial charge on any atom is -0.491 e. The van der Waals surface area contributed by atoms with Crippen LogP contribution in [0.1, 0.15) is 19.4 Å². The molecular weight excluding hydrogens is 258 g/mol. The molecule has 5 heteroatoms. The maximum absolute atomic E-state index is 11.7. The largest absolute Gasteiger partial charge is 0.491 e. The van der Waals surface area contributed by atoms with Gasteiger partial charge in [-0.2, -0.15) is 0 Å². The molecule has 0 aromatic heterocycles. The summed E-state index contributed by atoms with van der Waals surface area (Å²) in [4.78, 5) is 11.7. The van der Waals surface area contributed by atoms with Crippen molar-refractivity contribution in [3.63, 3.8) is 0 Å². The molecule has 0 aliphatic rings. The van der Waals surface area contributed by atoms with Crippen LogP contribution in [-0.4, -0.2) is 38.9 Å². The molecule has 1 atom stereocenters. The van der Waals surface area contributed by atoms with Crippen molar-refractivity contribution in [3.8, 4) is 5.75 Å². The fraction of sp³-hybridized carbons (Fsp3) is 0.533. The first kappa shape index (κ1) is 16.5. The molecule has 0 aliphatic carbocycles. The van der Waals surface area contributed by atoms with E-state index in [0.29, 0.717) is 12.4 Å². The Morgan fingerprint density at radius 2 is 2.05 bits per heavy atom. The number of carbonyl (C=O) groups excluding carboxylic acids is 1. The molecule has 5 nitrogen and oxygen atoms in total. The zero-order valence-corrected chi connectivity index (χ0v) is 12.5. The molecule has 0 saturated heterocycles. The van der Waals surface area contributed by atoms with E-state index in [1.807, 2.05) is 38.1 Å². The fourth-order valence-electron chi connectivity index (χ4n) is 1.80. The van der Waals surface area contributed by atoms with Gasteiger partial charge in [0.2, 0.25) is 0 Å². The molecule has 0 radical (unpaired) electrons. The molecule has 0 heterocycles. The highest BCUT2D eigenvalue weighted by Crippen LogP contribution is 2.14. The molecule has 0 bridgehead atoms. The van der Waals surface area contributed by atoms with Gasteiger partial charge in [-0.25, -0.2) is 0 Å². The second-order valence-corrected chi connectivity index (χ2v) is 4.79. The summed E-state index contributed by atoms with van der Waals surface area (Å²) in [5.41, 5.74) is 1.02. The number of hydrogen-bond acceptors (Lipinski definition) is 5. The summed E-state index contributed by atoms with van der Waals surface area (Å²) in [6.45, 7) is 4.69. The lowest BCUT2D eigenvalue weighted by atomic mass is 10.2. The molecule has 0 spiro atoms. The highest BCUT2D eigenvalue weighted by Gasteiger charge is 2.20. The minimum absolute atomic E-state index is 0.169. The average Bonchev–Trinajstić information content (AvgIpc) is 2.43. The number of benzene rings is 1. The maximum Gasteiger partial charge on any atom is 0.326 e. The number of esters is 1. The molecule has 0 amide bonds. The topological polar surface area (TPSA) is 56.8 Å². The van der Waals surface area contributed by atoms with Crippen molar-refractivity contribution in [2.24, 2.45) is 0 Å². The van der Waals surface area contributed by atoms with Crippen molar-refractivity contribution in [2.75, 3.05) is 20.8 Å². The number of nitrogens with one attached hydrogen (secondary N) is 1. The van der Waals surface area contributed by atoms with Gasteiger partial charge in [-0.1, -0.05) is 26.0 Å². The molecular formula is C15H23NO4. The predicted octanol–water partition coefficient (Wildman–Crippen LogP) is 1.75. The number of ether oxygens (including phenoxy) is 3. The Hall–Kier alpha value is -1.59. The standard InChI is InChI=1S/C15H23NO4/c1-11(2)16-14(15(17)19-4)10-20-13-7-5-6-12(8-13)9-18-3/h5-8,11,14,16H,9-10H2,1-4H3. The number of methoxy groups -OCH3 is 2. The van der Waals surface area contributed by atoms with Crippen molar-refractivity contribution in [3.05, 3.63) is 29.8 Å². The summed E-state index contributed by atoms with van der Waals surface area (Å²) < 4.78 is 15.5. The Bertz CT molecular complexity index is 420. The minimum atomic E-state index is -0.480. The molecule has 0 saturated carbocycles. The van der Waals surface area contributed by atoms with Crippen molar-refractivity contribution in [2.45, 2.75) is 32.5 Å². The molecule has 112 valence electrons. The van der Waals surface area contributed by atoms with Gasteiger partial charge in [-0.3, -0.25) is 10.1 Å². The Labute approximate surface area is 120 Å². The zero-order valence-electron chi connectivity index (χ0n) is 12.5. The van der Waals surface area contributed by atoms with Crippen LogP contribution < -0.4 is 10.1 Å². The van der Waals surface area contributed by atoms with E-state index >= 15 is 0 Å². The van der Waals surface area contributed by atoms with Crippen molar-refractivity contribution < 1.29 is 19.0 Å². The van der Waals surface area contributed by atoms with E-state index in [4.69, 9.17) is 14.2 Å². The third kappa shape index (κ3) is 5.59. The van der Waals surface area contributed by atoms with Gasteiger partial charge in [-0.05, 0) is 17.7 Å². The normalized spacial score (nSPS) is 12.2. The smallest absolute Gasteiger partial charge is 0.326 e. The summed E-state index contributed by atoms with van der Waals surface area (Å²) >= 11 is 0. The lowest BCUT2D eigenvalue weighted by molar-refractivity contribution is -0.144. The third-order valence-electron chi connectivity index (χ3n) is 2.65. The van der Waals surface area contributed by atoms with Crippen molar-refractivity contribution in [1.29, 1.82) is 0 Å². The van der Waals surface area contributed by atoms with Crippen LogP contribution in [0.15, 0.2) is 24.3 Å². The van der Waals surface area contributed by atoms with Crippen LogP contribution in [0.3, 0.4) is 0 Å². The van der Waals surface area contributed by atoms with E-state index in [0.717, 1.165) is 5.56 Å². The van der Waals surface area contributed by atoms with E-state index in [-0.39, 0.29) is 18.6 Å². The van der Waals surface area contributed by atoms with Crippen LogP contribution in [0, 0.1) is 0 Å². The molecule has 20 heavy (non-hydrogen) atoms. The molecule has 1 rings (SSSR count).